The molecule has 0 saturated carbocycles. The summed E-state index contributed by atoms with van der Waals surface area (Å²) < 4.78 is 13.6. The molecule has 1 aliphatic carbocycles. The molecule has 0 aliphatic heterocycles. The third-order valence-corrected chi connectivity index (χ3v) is 5.21. The van der Waals surface area contributed by atoms with Gasteiger partial charge in [0.05, 0.1) is 5.38 Å². The molecule has 0 radical (unpaired) electrons. The molecule has 21 heavy (non-hydrogen) atoms. The maximum absolute atomic E-state index is 13.6. The van der Waals surface area contributed by atoms with E-state index in [0.717, 1.165) is 24.8 Å². The molecule has 0 aromatic heterocycles. The predicted octanol–water partition coefficient (Wildman–Crippen LogP) is 6.19. The molecule has 0 heterocycles. The van der Waals surface area contributed by atoms with Gasteiger partial charge in [-0.1, -0.05) is 41.9 Å². The Morgan fingerprint density at radius 3 is 2.81 bits per heavy atom. The van der Waals surface area contributed by atoms with E-state index in [1.54, 1.807) is 13.0 Å². The van der Waals surface area contributed by atoms with Gasteiger partial charge in [-0.2, -0.15) is 0 Å². The molecule has 2 atom stereocenters. The van der Waals surface area contributed by atoms with Crippen molar-refractivity contribution in [1.29, 1.82) is 0 Å². The van der Waals surface area contributed by atoms with Crippen molar-refractivity contribution in [3.8, 4) is 0 Å². The van der Waals surface area contributed by atoms with Crippen LogP contribution in [-0.4, -0.2) is 0 Å². The lowest BCUT2D eigenvalue weighted by Gasteiger charge is -2.30. The molecule has 2 aromatic carbocycles. The second-order valence-corrected chi connectivity index (χ2v) is 6.60. The van der Waals surface area contributed by atoms with Crippen LogP contribution < -0.4 is 0 Å². The molecular weight excluding hydrogens is 306 g/mol. The number of benzene rings is 2. The first-order chi connectivity index (χ1) is 10.1. The highest BCUT2D eigenvalue weighted by Gasteiger charge is 2.29. The summed E-state index contributed by atoms with van der Waals surface area (Å²) in [6, 6.07) is 11.6. The summed E-state index contributed by atoms with van der Waals surface area (Å²) in [4.78, 5) is 0. The Balaban J connectivity index is 2.00. The van der Waals surface area contributed by atoms with Crippen molar-refractivity contribution in [3.63, 3.8) is 0 Å². The van der Waals surface area contributed by atoms with E-state index in [1.165, 1.54) is 17.2 Å². The van der Waals surface area contributed by atoms with E-state index in [4.69, 9.17) is 23.2 Å². The molecule has 0 amide bonds. The SMILES string of the molecule is Cc1cc(C(Cl)C2CCCc3ccccc32)c(Cl)cc1F. The molecule has 1 aliphatic rings. The van der Waals surface area contributed by atoms with Crippen LogP contribution in [0.5, 0.6) is 0 Å². The normalized spacial score (nSPS) is 19.1. The van der Waals surface area contributed by atoms with Gasteiger partial charge >= 0.3 is 0 Å². The Labute approximate surface area is 134 Å². The van der Waals surface area contributed by atoms with Crippen molar-refractivity contribution in [3.05, 3.63) is 69.5 Å². The second-order valence-electron chi connectivity index (χ2n) is 5.72. The van der Waals surface area contributed by atoms with Crippen LogP contribution in [-0.2, 0) is 6.42 Å². The third-order valence-electron chi connectivity index (χ3n) is 4.34. The summed E-state index contributed by atoms with van der Waals surface area (Å²) in [5, 5.41) is 0.194. The van der Waals surface area contributed by atoms with Crippen molar-refractivity contribution in [1.82, 2.24) is 0 Å². The molecular formula is C18H17Cl2F. The molecule has 3 heteroatoms. The van der Waals surface area contributed by atoms with Crippen molar-refractivity contribution in [2.75, 3.05) is 0 Å². The molecule has 0 fully saturated rings. The zero-order valence-corrected chi connectivity index (χ0v) is 13.4. The molecule has 0 N–H and O–H groups in total. The minimum Gasteiger partial charge on any atom is -0.207 e. The number of fused-ring (bicyclic) bond motifs is 1. The summed E-state index contributed by atoms with van der Waals surface area (Å²) in [6.45, 7) is 1.74. The fraction of sp³-hybridized carbons (Fsp3) is 0.333. The highest BCUT2D eigenvalue weighted by molar-refractivity contribution is 6.33. The average Bonchev–Trinajstić information content (AvgIpc) is 2.49. The lowest BCUT2D eigenvalue weighted by molar-refractivity contribution is 0.537. The monoisotopic (exact) mass is 322 g/mol. The van der Waals surface area contributed by atoms with Crippen LogP contribution in [0, 0.1) is 12.7 Å². The number of rotatable bonds is 2. The molecule has 110 valence electrons. The van der Waals surface area contributed by atoms with Gasteiger partial charge in [0, 0.05) is 10.9 Å². The van der Waals surface area contributed by atoms with Crippen LogP contribution in [0.3, 0.4) is 0 Å². The molecule has 2 aromatic rings. The Morgan fingerprint density at radius 2 is 2.00 bits per heavy atom. The first kappa shape index (κ1) is 14.9. The Morgan fingerprint density at radius 1 is 1.24 bits per heavy atom. The zero-order valence-electron chi connectivity index (χ0n) is 11.9. The fourth-order valence-electron chi connectivity index (χ4n) is 3.20. The minimum atomic E-state index is -0.281. The van der Waals surface area contributed by atoms with E-state index in [0.29, 0.717) is 10.6 Å². The highest BCUT2D eigenvalue weighted by atomic mass is 35.5. The fourth-order valence-corrected chi connectivity index (χ4v) is 3.97. The molecule has 2 unspecified atom stereocenters. The summed E-state index contributed by atoms with van der Waals surface area (Å²) >= 11 is 13.0. The van der Waals surface area contributed by atoms with E-state index in [-0.39, 0.29) is 17.1 Å². The maximum Gasteiger partial charge on any atom is 0.127 e. The topological polar surface area (TPSA) is 0 Å². The van der Waals surface area contributed by atoms with Crippen LogP contribution in [0.4, 0.5) is 4.39 Å². The van der Waals surface area contributed by atoms with E-state index >= 15 is 0 Å². The largest absolute Gasteiger partial charge is 0.207 e. The van der Waals surface area contributed by atoms with Crippen molar-refractivity contribution < 1.29 is 4.39 Å². The molecule has 0 spiro atoms. The first-order valence-corrected chi connectivity index (χ1v) is 8.07. The van der Waals surface area contributed by atoms with Crippen LogP contribution in [0.15, 0.2) is 36.4 Å². The van der Waals surface area contributed by atoms with Gasteiger partial charge in [0.25, 0.3) is 0 Å². The first-order valence-electron chi connectivity index (χ1n) is 7.25. The summed E-state index contributed by atoms with van der Waals surface area (Å²) in [7, 11) is 0. The number of hydrogen-bond donors (Lipinski definition) is 0. The number of alkyl halides is 1. The van der Waals surface area contributed by atoms with Crippen molar-refractivity contribution in [2.24, 2.45) is 0 Å². The van der Waals surface area contributed by atoms with E-state index in [9.17, 15) is 4.39 Å². The standard InChI is InChI=1S/C18H17Cl2F/c1-11-9-15(16(19)10-17(11)21)18(20)14-8-4-6-12-5-2-3-7-13(12)14/h2-3,5,7,9-10,14,18H,4,6,8H2,1H3. The quantitative estimate of drug-likeness (QED) is 0.578. The second kappa shape index (κ2) is 5.98. The Bertz CT molecular complexity index is 666. The van der Waals surface area contributed by atoms with Crippen molar-refractivity contribution in [2.45, 2.75) is 37.5 Å². The minimum absolute atomic E-state index is 0.224. The van der Waals surface area contributed by atoms with Gasteiger partial charge in [0.2, 0.25) is 0 Å². The smallest absolute Gasteiger partial charge is 0.127 e. The van der Waals surface area contributed by atoms with Gasteiger partial charge in [-0.25, -0.2) is 4.39 Å². The molecule has 0 saturated heterocycles. The van der Waals surface area contributed by atoms with Crippen molar-refractivity contribution >= 4 is 23.2 Å². The van der Waals surface area contributed by atoms with Gasteiger partial charge in [-0.15, -0.1) is 11.6 Å². The van der Waals surface area contributed by atoms with Crippen LogP contribution in [0.25, 0.3) is 0 Å². The van der Waals surface area contributed by atoms with Gasteiger partial charge in [0.15, 0.2) is 0 Å². The van der Waals surface area contributed by atoms with Crippen LogP contribution in [0.1, 0.15) is 46.4 Å². The predicted molar refractivity (Wildman–Crippen MR) is 86.9 cm³/mol. The van der Waals surface area contributed by atoms with E-state index in [1.807, 2.05) is 0 Å². The van der Waals surface area contributed by atoms with Gasteiger partial charge in [-0.05, 0) is 54.5 Å². The average molecular weight is 323 g/mol. The molecule has 0 bridgehead atoms. The van der Waals surface area contributed by atoms with Gasteiger partial charge in [-0.3, -0.25) is 0 Å². The Hall–Kier alpha value is -1.05. The number of halogens is 3. The van der Waals surface area contributed by atoms with E-state index in [2.05, 4.69) is 24.3 Å². The lowest BCUT2D eigenvalue weighted by atomic mass is 9.79. The Kier molecular flexibility index (Phi) is 4.24. The van der Waals surface area contributed by atoms with Crippen LogP contribution >= 0.6 is 23.2 Å². The van der Waals surface area contributed by atoms with Gasteiger partial charge < -0.3 is 0 Å². The molecule has 3 rings (SSSR count). The third kappa shape index (κ3) is 2.82. The van der Waals surface area contributed by atoms with Gasteiger partial charge in [0.1, 0.15) is 5.82 Å². The number of aryl methyl sites for hydroxylation is 2. The van der Waals surface area contributed by atoms with E-state index < -0.39 is 0 Å². The highest BCUT2D eigenvalue weighted by Crippen LogP contribution is 2.45. The summed E-state index contributed by atoms with van der Waals surface area (Å²) in [5.74, 6) is -0.0457. The maximum atomic E-state index is 13.6. The zero-order chi connectivity index (χ0) is 15.0. The lowest BCUT2D eigenvalue weighted by Crippen LogP contribution is -2.14. The number of hydrogen-bond acceptors (Lipinski definition) is 0. The summed E-state index contributed by atoms with van der Waals surface area (Å²) in [6.07, 6.45) is 3.27. The summed E-state index contributed by atoms with van der Waals surface area (Å²) in [5.41, 5.74) is 4.10. The molecule has 0 nitrogen and oxygen atoms in total. The van der Waals surface area contributed by atoms with Crippen LogP contribution in [0.2, 0.25) is 5.02 Å².